The van der Waals surface area contributed by atoms with E-state index in [4.69, 9.17) is 9.84 Å². The predicted molar refractivity (Wildman–Crippen MR) is 127 cm³/mol. The van der Waals surface area contributed by atoms with Gasteiger partial charge < -0.3 is 19.6 Å². The summed E-state index contributed by atoms with van der Waals surface area (Å²) < 4.78 is 4.06. The molecule has 182 valence electrons. The quantitative estimate of drug-likeness (QED) is 0.313. The van der Waals surface area contributed by atoms with Crippen LogP contribution in [0.15, 0.2) is 24.3 Å². The second-order valence-electron chi connectivity index (χ2n) is 9.74. The van der Waals surface area contributed by atoms with Crippen LogP contribution >= 0.6 is 11.8 Å². The van der Waals surface area contributed by atoms with Gasteiger partial charge >= 0.3 is 5.97 Å². The Labute approximate surface area is 200 Å². The number of hydrogen-bond acceptors (Lipinski definition) is 6. The summed E-state index contributed by atoms with van der Waals surface area (Å²) in [5, 5.41) is 9.15. The van der Waals surface area contributed by atoms with E-state index in [1.165, 1.54) is 0 Å². The molecule has 0 aliphatic carbocycles. The van der Waals surface area contributed by atoms with Gasteiger partial charge in [0.05, 0.1) is 16.6 Å². The monoisotopic (exact) mass is 476 g/mol. The first kappa shape index (κ1) is 24.3. The maximum atomic E-state index is 14.0. The van der Waals surface area contributed by atoms with Crippen molar-refractivity contribution in [2.75, 3.05) is 32.8 Å². The molecule has 4 heterocycles. The van der Waals surface area contributed by atoms with Gasteiger partial charge in [-0.1, -0.05) is 38.0 Å². The maximum Gasteiger partial charge on any atom is 0.311 e. The highest BCUT2D eigenvalue weighted by molar-refractivity contribution is 8.02. The summed E-state index contributed by atoms with van der Waals surface area (Å²) in [4.78, 5) is 44.6. The van der Waals surface area contributed by atoms with Crippen molar-refractivity contribution < 1.29 is 24.2 Å². The van der Waals surface area contributed by atoms with Gasteiger partial charge in [-0.3, -0.25) is 14.4 Å². The standard InChI is InChI=1S/C25H36N2O5S/c1-3-4-6-13-26-14-9-12-25-18(19-23(31)32-17-10-11-24(19,2)33-25)21(29)27(20(25)22(26)30)15-7-5-8-16-28/h9-12,18-20,28H,3-8,13-17H2,1-2H3/t18-,19-,20?,24+,25-/m0/s1. The minimum Gasteiger partial charge on any atom is -0.461 e. The number of aliphatic hydroxyl groups is 1. The Bertz CT molecular complexity index is 845. The number of thioether (sulfide) groups is 1. The fraction of sp³-hybridized carbons (Fsp3) is 0.720. The van der Waals surface area contributed by atoms with E-state index in [9.17, 15) is 14.4 Å². The van der Waals surface area contributed by atoms with Gasteiger partial charge in [0.25, 0.3) is 0 Å². The van der Waals surface area contributed by atoms with Crippen molar-refractivity contribution in [1.82, 2.24) is 9.80 Å². The number of cyclic esters (lactones) is 1. The number of nitrogens with zero attached hydrogens (tertiary/aromatic N) is 2. The average Bonchev–Trinajstić information content (AvgIpc) is 3.04. The predicted octanol–water partition coefficient (Wildman–Crippen LogP) is 2.54. The largest absolute Gasteiger partial charge is 0.461 e. The van der Waals surface area contributed by atoms with E-state index in [0.29, 0.717) is 26.1 Å². The Hall–Kier alpha value is -1.80. The molecule has 4 rings (SSSR count). The molecular weight excluding hydrogens is 440 g/mol. The van der Waals surface area contributed by atoms with Crippen LogP contribution < -0.4 is 0 Å². The Morgan fingerprint density at radius 3 is 2.58 bits per heavy atom. The van der Waals surface area contributed by atoms with Crippen molar-refractivity contribution in [2.45, 2.75) is 67.9 Å². The fourth-order valence-electron chi connectivity index (χ4n) is 5.97. The summed E-state index contributed by atoms with van der Waals surface area (Å²) in [7, 11) is 0. The Morgan fingerprint density at radius 2 is 1.82 bits per heavy atom. The molecule has 0 aromatic rings. The molecule has 0 bridgehead atoms. The maximum absolute atomic E-state index is 14.0. The third-order valence-corrected chi connectivity index (χ3v) is 9.28. The van der Waals surface area contributed by atoms with Crippen molar-refractivity contribution in [3.05, 3.63) is 24.3 Å². The minimum atomic E-state index is -0.787. The molecule has 2 saturated heterocycles. The molecule has 33 heavy (non-hydrogen) atoms. The topological polar surface area (TPSA) is 87.2 Å². The lowest BCUT2D eigenvalue weighted by molar-refractivity contribution is -0.152. The van der Waals surface area contributed by atoms with E-state index in [-0.39, 0.29) is 31.0 Å². The van der Waals surface area contributed by atoms with Crippen molar-refractivity contribution in [2.24, 2.45) is 11.8 Å². The third kappa shape index (κ3) is 4.14. The van der Waals surface area contributed by atoms with Gasteiger partial charge in [0, 0.05) is 31.0 Å². The summed E-state index contributed by atoms with van der Waals surface area (Å²) in [5.41, 5.74) is 0. The van der Waals surface area contributed by atoms with Gasteiger partial charge in [-0.25, -0.2) is 0 Å². The summed E-state index contributed by atoms with van der Waals surface area (Å²) >= 11 is 1.59. The Morgan fingerprint density at radius 1 is 1.03 bits per heavy atom. The zero-order valence-corrected chi connectivity index (χ0v) is 20.5. The molecule has 0 aromatic carbocycles. The molecule has 5 atom stereocenters. The molecular formula is C25H36N2O5S. The van der Waals surface area contributed by atoms with E-state index in [1.54, 1.807) is 16.7 Å². The lowest BCUT2D eigenvalue weighted by Crippen LogP contribution is -2.53. The number of likely N-dealkylation sites (tertiary alicyclic amines) is 1. The van der Waals surface area contributed by atoms with Gasteiger partial charge in [0.2, 0.25) is 11.8 Å². The first-order chi connectivity index (χ1) is 15.9. The first-order valence-electron chi connectivity index (χ1n) is 12.3. The molecule has 8 heteroatoms. The normalized spacial score (nSPS) is 35.2. The number of hydrogen-bond donors (Lipinski definition) is 1. The summed E-state index contributed by atoms with van der Waals surface area (Å²) in [5.74, 6) is -1.73. The van der Waals surface area contributed by atoms with Crippen molar-refractivity contribution in [3.63, 3.8) is 0 Å². The molecule has 4 aliphatic heterocycles. The Balaban J connectivity index is 1.72. The molecule has 0 aromatic heterocycles. The average molecular weight is 477 g/mol. The second kappa shape index (κ2) is 9.82. The molecule has 0 saturated carbocycles. The minimum absolute atomic E-state index is 0.0148. The second-order valence-corrected chi connectivity index (χ2v) is 11.5. The fourth-order valence-corrected chi connectivity index (χ4v) is 8.12. The van der Waals surface area contributed by atoms with Crippen LogP contribution in [0.5, 0.6) is 0 Å². The van der Waals surface area contributed by atoms with Crippen molar-refractivity contribution in [1.29, 1.82) is 0 Å². The number of rotatable bonds is 9. The zero-order valence-electron chi connectivity index (χ0n) is 19.7. The highest BCUT2D eigenvalue weighted by atomic mass is 32.2. The van der Waals surface area contributed by atoms with E-state index < -0.39 is 27.4 Å². The van der Waals surface area contributed by atoms with E-state index in [2.05, 4.69) is 13.0 Å². The van der Waals surface area contributed by atoms with Crippen molar-refractivity contribution in [3.8, 4) is 0 Å². The highest BCUT2D eigenvalue weighted by Gasteiger charge is 2.73. The smallest absolute Gasteiger partial charge is 0.311 e. The molecule has 1 spiro atoms. The number of amides is 2. The zero-order chi connectivity index (χ0) is 23.6. The molecule has 1 N–H and O–H groups in total. The lowest BCUT2D eigenvalue weighted by atomic mass is 9.75. The van der Waals surface area contributed by atoms with Crippen LogP contribution in [0.1, 0.15) is 52.4 Å². The van der Waals surface area contributed by atoms with Crippen LogP contribution in [0.2, 0.25) is 0 Å². The number of carbonyl (C=O) groups excluding carboxylic acids is 3. The Kier molecular flexibility index (Phi) is 7.24. The van der Waals surface area contributed by atoms with Crippen LogP contribution in [0.3, 0.4) is 0 Å². The van der Waals surface area contributed by atoms with Crippen LogP contribution in [-0.4, -0.2) is 81.1 Å². The van der Waals surface area contributed by atoms with Crippen LogP contribution in [0.25, 0.3) is 0 Å². The summed E-state index contributed by atoms with van der Waals surface area (Å²) in [6, 6.07) is -0.626. The van der Waals surface area contributed by atoms with Crippen LogP contribution in [0, 0.1) is 11.8 Å². The van der Waals surface area contributed by atoms with Crippen LogP contribution in [-0.2, 0) is 19.1 Å². The number of unbranched alkanes of at least 4 members (excludes halogenated alkanes) is 4. The number of fused-ring (bicyclic) bond motifs is 2. The van der Waals surface area contributed by atoms with E-state index in [0.717, 1.165) is 32.1 Å². The van der Waals surface area contributed by atoms with E-state index >= 15 is 0 Å². The van der Waals surface area contributed by atoms with Crippen molar-refractivity contribution >= 4 is 29.5 Å². The molecule has 7 nitrogen and oxygen atoms in total. The van der Waals surface area contributed by atoms with Gasteiger partial charge in [0.15, 0.2) is 0 Å². The van der Waals surface area contributed by atoms with Gasteiger partial charge in [0.1, 0.15) is 12.6 Å². The van der Waals surface area contributed by atoms with Crippen LogP contribution in [0.4, 0.5) is 0 Å². The summed E-state index contributed by atoms with van der Waals surface area (Å²) in [6.07, 6.45) is 13.2. The molecule has 1 unspecified atom stereocenters. The third-order valence-electron chi connectivity index (χ3n) is 7.48. The van der Waals surface area contributed by atoms with Gasteiger partial charge in [-0.15, -0.1) is 11.8 Å². The number of carbonyl (C=O) groups is 3. The van der Waals surface area contributed by atoms with Gasteiger partial charge in [-0.2, -0.15) is 0 Å². The number of ether oxygens (including phenoxy) is 1. The van der Waals surface area contributed by atoms with Gasteiger partial charge in [-0.05, 0) is 38.7 Å². The van der Waals surface area contributed by atoms with E-state index in [1.807, 2.05) is 30.1 Å². The molecule has 2 fully saturated rings. The summed E-state index contributed by atoms with van der Waals surface area (Å²) in [6.45, 7) is 6.13. The highest BCUT2D eigenvalue weighted by Crippen LogP contribution is 2.65. The SMILES string of the molecule is CCCCCN1CC=C[C@]23S[C@]4(C)C=CCOC(=O)[C@@H]4[C@H]2C(=O)N(CCCCCO)C3C1=O. The first-order valence-corrected chi connectivity index (χ1v) is 13.1. The molecule has 4 aliphatic rings. The molecule has 0 radical (unpaired) electrons. The molecule has 2 amide bonds. The number of esters is 1. The number of aliphatic hydroxyl groups excluding tert-OH is 1. The lowest BCUT2D eigenvalue weighted by Gasteiger charge is -2.36.